The van der Waals surface area contributed by atoms with Gasteiger partial charge in [0.05, 0.1) is 11.3 Å². The van der Waals surface area contributed by atoms with E-state index in [1.807, 2.05) is 37.4 Å². The van der Waals surface area contributed by atoms with Crippen LogP contribution in [0.1, 0.15) is 21.7 Å². The summed E-state index contributed by atoms with van der Waals surface area (Å²) in [6.07, 6.45) is -3.27. The third kappa shape index (κ3) is 4.66. The fourth-order valence-electron chi connectivity index (χ4n) is 3.22. The number of hydrogen-bond acceptors (Lipinski definition) is 6. The van der Waals surface area contributed by atoms with E-state index in [1.54, 1.807) is 0 Å². The highest BCUT2D eigenvalue weighted by atomic mass is 32.1. The summed E-state index contributed by atoms with van der Waals surface area (Å²) in [4.78, 5) is 16.1. The van der Waals surface area contributed by atoms with Crippen LogP contribution in [-0.2, 0) is 6.18 Å². The molecule has 0 aliphatic carbocycles. The Kier molecular flexibility index (Phi) is 5.78. The molecule has 166 valence electrons. The van der Waals surface area contributed by atoms with E-state index in [2.05, 4.69) is 16.4 Å². The molecule has 0 amide bonds. The Morgan fingerprint density at radius 1 is 1.15 bits per heavy atom. The number of halogens is 3. The molecule has 2 aromatic carbocycles. The number of aryl methyl sites for hydroxylation is 2. The molecule has 9 heteroatoms. The Balaban J connectivity index is 1.63. The van der Waals surface area contributed by atoms with Crippen molar-refractivity contribution in [2.24, 2.45) is 0 Å². The maximum absolute atomic E-state index is 13.2. The third-order valence-corrected chi connectivity index (χ3v) is 5.97. The van der Waals surface area contributed by atoms with Gasteiger partial charge >= 0.3 is 11.8 Å². The topological polar surface area (TPSA) is 78.9 Å². The molecular formula is C24H16F3N3O2S. The summed E-state index contributed by atoms with van der Waals surface area (Å²) in [5.74, 6) is 0. The second kappa shape index (κ2) is 8.56. The van der Waals surface area contributed by atoms with Gasteiger partial charge in [0.25, 0.3) is 0 Å². The minimum atomic E-state index is -4.68. The lowest BCUT2D eigenvalue weighted by molar-refractivity contribution is -0.136. The van der Waals surface area contributed by atoms with E-state index in [1.165, 1.54) is 41.3 Å². The van der Waals surface area contributed by atoms with E-state index in [-0.39, 0.29) is 16.5 Å². The van der Waals surface area contributed by atoms with Crippen molar-refractivity contribution in [2.75, 3.05) is 5.32 Å². The third-order valence-electron chi connectivity index (χ3n) is 5.09. The average molecular weight is 467 g/mol. The first-order chi connectivity index (χ1) is 15.7. The van der Waals surface area contributed by atoms with Crippen LogP contribution in [0, 0.1) is 25.2 Å². The van der Waals surface area contributed by atoms with E-state index in [4.69, 9.17) is 4.42 Å². The second-order valence-electron chi connectivity index (χ2n) is 7.34. The lowest BCUT2D eigenvalue weighted by atomic mass is 10.1. The first-order valence-corrected chi connectivity index (χ1v) is 10.6. The Hall–Kier alpha value is -3.90. The number of benzene rings is 2. The summed E-state index contributed by atoms with van der Waals surface area (Å²) in [5.41, 5.74) is 2.22. The summed E-state index contributed by atoms with van der Waals surface area (Å²) in [6.45, 7) is 4.04. The van der Waals surface area contributed by atoms with Crippen molar-refractivity contribution in [3.8, 4) is 17.3 Å². The first kappa shape index (κ1) is 22.3. The molecule has 0 aliphatic rings. The largest absolute Gasteiger partial charge is 0.423 e. The Morgan fingerprint density at radius 2 is 1.94 bits per heavy atom. The van der Waals surface area contributed by atoms with E-state index < -0.39 is 17.4 Å². The van der Waals surface area contributed by atoms with Gasteiger partial charge in [-0.25, -0.2) is 9.78 Å². The summed E-state index contributed by atoms with van der Waals surface area (Å²) in [5, 5.41) is 14.6. The number of alkyl halides is 3. The summed E-state index contributed by atoms with van der Waals surface area (Å²) < 4.78 is 44.5. The molecule has 0 bridgehead atoms. The van der Waals surface area contributed by atoms with Gasteiger partial charge in [-0.1, -0.05) is 12.1 Å². The van der Waals surface area contributed by atoms with Crippen molar-refractivity contribution in [1.82, 2.24) is 4.98 Å². The number of allylic oxidation sites excluding steroid dienone is 1. The molecule has 33 heavy (non-hydrogen) atoms. The smallest absolute Gasteiger partial charge is 0.417 e. The Labute approximate surface area is 190 Å². The molecule has 2 heterocycles. The maximum atomic E-state index is 13.2. The standard InChI is InChI=1S/C24H16F3N3O2S/c1-13-3-4-15(7-14(13)2)20-12-33-23(30-20)16(10-28)11-29-17-5-6-18-19(24(25,26)27)9-22(31)32-21(18)8-17/h3-9,11-12,29H,1-2H3. The van der Waals surface area contributed by atoms with Crippen LogP contribution in [0.2, 0.25) is 0 Å². The van der Waals surface area contributed by atoms with Gasteiger partial charge in [-0.05, 0) is 43.2 Å². The minimum Gasteiger partial charge on any atom is -0.423 e. The number of nitriles is 1. The molecule has 0 saturated heterocycles. The number of nitrogens with one attached hydrogen (secondary N) is 1. The van der Waals surface area contributed by atoms with Crippen molar-refractivity contribution < 1.29 is 17.6 Å². The molecule has 4 aromatic rings. The van der Waals surface area contributed by atoms with Crippen LogP contribution in [0.3, 0.4) is 0 Å². The van der Waals surface area contributed by atoms with Gasteiger partial charge in [-0.15, -0.1) is 11.3 Å². The number of fused-ring (bicyclic) bond motifs is 1. The lowest BCUT2D eigenvalue weighted by Gasteiger charge is -2.10. The monoisotopic (exact) mass is 467 g/mol. The van der Waals surface area contributed by atoms with Crippen molar-refractivity contribution in [1.29, 1.82) is 5.26 Å². The van der Waals surface area contributed by atoms with Crippen LogP contribution in [0.5, 0.6) is 0 Å². The summed E-state index contributed by atoms with van der Waals surface area (Å²) in [7, 11) is 0. The maximum Gasteiger partial charge on any atom is 0.417 e. The first-order valence-electron chi connectivity index (χ1n) is 9.71. The van der Waals surface area contributed by atoms with Crippen LogP contribution in [0.15, 0.2) is 63.3 Å². The van der Waals surface area contributed by atoms with Crippen LogP contribution >= 0.6 is 11.3 Å². The van der Waals surface area contributed by atoms with Crippen molar-refractivity contribution in [3.63, 3.8) is 0 Å². The van der Waals surface area contributed by atoms with Crippen LogP contribution in [0.4, 0.5) is 18.9 Å². The molecule has 0 aliphatic heterocycles. The fraction of sp³-hybridized carbons (Fsp3) is 0.125. The zero-order chi connectivity index (χ0) is 23.8. The Morgan fingerprint density at radius 3 is 2.64 bits per heavy atom. The van der Waals surface area contributed by atoms with E-state index in [0.717, 1.165) is 16.8 Å². The molecule has 0 unspecified atom stereocenters. The van der Waals surface area contributed by atoms with Crippen molar-refractivity contribution >= 4 is 33.6 Å². The predicted octanol–water partition coefficient (Wildman–Crippen LogP) is 6.53. The number of anilines is 1. The van der Waals surface area contributed by atoms with Crippen molar-refractivity contribution in [2.45, 2.75) is 20.0 Å². The summed E-state index contributed by atoms with van der Waals surface area (Å²) >= 11 is 1.30. The average Bonchev–Trinajstić information content (AvgIpc) is 3.24. The molecule has 2 aromatic heterocycles. The molecule has 1 N–H and O–H groups in total. The SMILES string of the molecule is Cc1ccc(-c2csc(C(C#N)=CNc3ccc4c(C(F)(F)F)cc(=O)oc4c3)n2)cc1C. The molecule has 5 nitrogen and oxygen atoms in total. The molecule has 0 atom stereocenters. The molecule has 0 radical (unpaired) electrons. The zero-order valence-corrected chi connectivity index (χ0v) is 18.3. The number of nitrogens with zero attached hydrogens (tertiary/aromatic N) is 2. The van der Waals surface area contributed by atoms with Gasteiger partial charge < -0.3 is 9.73 Å². The quantitative estimate of drug-likeness (QED) is 0.273. The zero-order valence-electron chi connectivity index (χ0n) is 17.4. The summed E-state index contributed by atoms with van der Waals surface area (Å²) in [6, 6.07) is 12.4. The molecule has 0 spiro atoms. The molecule has 0 fully saturated rings. The van der Waals surface area contributed by atoms with Gasteiger partial charge in [0, 0.05) is 40.3 Å². The van der Waals surface area contributed by atoms with Crippen LogP contribution < -0.4 is 10.9 Å². The van der Waals surface area contributed by atoms with Gasteiger partial charge in [0.15, 0.2) is 0 Å². The van der Waals surface area contributed by atoms with Gasteiger partial charge in [0.1, 0.15) is 22.2 Å². The number of hydrogen-bond donors (Lipinski definition) is 1. The van der Waals surface area contributed by atoms with Crippen LogP contribution in [0.25, 0.3) is 27.8 Å². The number of thiazole rings is 1. The predicted molar refractivity (Wildman–Crippen MR) is 122 cm³/mol. The van der Waals surface area contributed by atoms with Crippen molar-refractivity contribution in [3.05, 3.63) is 86.2 Å². The Bertz CT molecular complexity index is 1490. The molecule has 0 saturated carbocycles. The normalized spacial score (nSPS) is 12.1. The minimum absolute atomic E-state index is 0.210. The van der Waals surface area contributed by atoms with E-state index in [0.29, 0.717) is 16.8 Å². The number of aromatic nitrogens is 1. The van der Waals surface area contributed by atoms with Gasteiger partial charge in [0.2, 0.25) is 0 Å². The van der Waals surface area contributed by atoms with Gasteiger partial charge in [-0.3, -0.25) is 0 Å². The second-order valence-corrected chi connectivity index (χ2v) is 8.20. The van der Waals surface area contributed by atoms with Gasteiger partial charge in [-0.2, -0.15) is 18.4 Å². The van der Waals surface area contributed by atoms with E-state index >= 15 is 0 Å². The fourth-order valence-corrected chi connectivity index (χ4v) is 4.01. The highest BCUT2D eigenvalue weighted by molar-refractivity contribution is 7.11. The van der Waals surface area contributed by atoms with Crippen LogP contribution in [-0.4, -0.2) is 4.98 Å². The lowest BCUT2D eigenvalue weighted by Crippen LogP contribution is -2.11. The molecular weight excluding hydrogens is 451 g/mol. The highest BCUT2D eigenvalue weighted by Gasteiger charge is 2.33. The highest BCUT2D eigenvalue weighted by Crippen LogP contribution is 2.34. The number of rotatable bonds is 4. The molecule has 4 rings (SSSR count). The van der Waals surface area contributed by atoms with E-state index in [9.17, 15) is 23.2 Å².